The maximum Gasteiger partial charge on any atom is 0.0688 e. The highest BCUT2D eigenvalue weighted by Gasteiger charge is 2.44. The van der Waals surface area contributed by atoms with Gasteiger partial charge in [0.1, 0.15) is 0 Å². The molecule has 1 saturated carbocycles. The smallest absolute Gasteiger partial charge is 0.0688 e. The lowest BCUT2D eigenvalue weighted by molar-refractivity contribution is 0.0320. The first-order chi connectivity index (χ1) is 7.42. The Morgan fingerprint density at radius 1 is 1.44 bits per heavy atom. The van der Waals surface area contributed by atoms with Crippen molar-refractivity contribution in [1.29, 1.82) is 0 Å². The molecule has 0 unspecified atom stereocenters. The Morgan fingerprint density at radius 2 is 2.12 bits per heavy atom. The molecule has 1 fully saturated rings. The molecule has 0 aromatic heterocycles. The standard InChI is InChI=1S/C15H24O/c1-10-5-6-11(2)13-7-8-15(4,16)14(13)9-12(10)3/h9-10,13-14,16H,2,5-8H2,1,3-4H3/b12-9-/t10-,13-,14+,15-/m1/s1. The van der Waals surface area contributed by atoms with Crippen LogP contribution in [0.1, 0.15) is 46.5 Å². The Morgan fingerprint density at radius 3 is 2.81 bits per heavy atom. The molecule has 0 radical (unpaired) electrons. The second-order valence-corrected chi connectivity index (χ2v) is 6.04. The van der Waals surface area contributed by atoms with Crippen molar-refractivity contribution in [3.8, 4) is 0 Å². The fourth-order valence-corrected chi connectivity index (χ4v) is 3.24. The number of hydrogen-bond acceptors (Lipinski definition) is 1. The van der Waals surface area contributed by atoms with E-state index in [1.165, 1.54) is 17.6 Å². The van der Waals surface area contributed by atoms with Crippen LogP contribution in [0, 0.1) is 17.8 Å². The molecule has 0 aliphatic heterocycles. The predicted molar refractivity (Wildman–Crippen MR) is 68.1 cm³/mol. The molecule has 2 aliphatic rings. The minimum atomic E-state index is -0.522. The van der Waals surface area contributed by atoms with Crippen molar-refractivity contribution < 1.29 is 5.11 Å². The van der Waals surface area contributed by atoms with E-state index in [4.69, 9.17) is 0 Å². The van der Waals surface area contributed by atoms with Gasteiger partial charge >= 0.3 is 0 Å². The minimum Gasteiger partial charge on any atom is -0.390 e. The zero-order chi connectivity index (χ0) is 11.9. The van der Waals surface area contributed by atoms with Gasteiger partial charge in [-0.05, 0) is 51.4 Å². The molecule has 2 rings (SSSR count). The first-order valence-electron chi connectivity index (χ1n) is 6.50. The highest BCUT2D eigenvalue weighted by molar-refractivity contribution is 5.21. The van der Waals surface area contributed by atoms with E-state index >= 15 is 0 Å². The Kier molecular flexibility index (Phi) is 3.00. The molecule has 0 heterocycles. The second-order valence-electron chi connectivity index (χ2n) is 6.04. The van der Waals surface area contributed by atoms with Crippen LogP contribution in [0.4, 0.5) is 0 Å². The van der Waals surface area contributed by atoms with Crippen molar-refractivity contribution in [3.63, 3.8) is 0 Å². The molecule has 0 amide bonds. The third-order valence-corrected chi connectivity index (χ3v) is 4.76. The van der Waals surface area contributed by atoms with E-state index < -0.39 is 5.60 Å². The largest absolute Gasteiger partial charge is 0.390 e. The lowest BCUT2D eigenvalue weighted by Gasteiger charge is -2.31. The van der Waals surface area contributed by atoms with Crippen LogP contribution >= 0.6 is 0 Å². The van der Waals surface area contributed by atoms with Crippen molar-refractivity contribution in [1.82, 2.24) is 0 Å². The van der Waals surface area contributed by atoms with E-state index in [2.05, 4.69) is 26.5 Å². The van der Waals surface area contributed by atoms with Crippen LogP contribution in [-0.4, -0.2) is 10.7 Å². The van der Waals surface area contributed by atoms with E-state index in [-0.39, 0.29) is 0 Å². The molecule has 1 nitrogen and oxygen atoms in total. The Balaban J connectivity index is 2.35. The summed E-state index contributed by atoms with van der Waals surface area (Å²) in [6, 6.07) is 0. The monoisotopic (exact) mass is 220 g/mol. The van der Waals surface area contributed by atoms with Crippen molar-refractivity contribution in [2.75, 3.05) is 0 Å². The third-order valence-electron chi connectivity index (χ3n) is 4.76. The normalized spacial score (nSPS) is 47.9. The summed E-state index contributed by atoms with van der Waals surface area (Å²) in [6.45, 7) is 10.7. The number of hydrogen-bond donors (Lipinski definition) is 1. The zero-order valence-electron chi connectivity index (χ0n) is 10.8. The van der Waals surface area contributed by atoms with Crippen LogP contribution in [0.5, 0.6) is 0 Å². The summed E-state index contributed by atoms with van der Waals surface area (Å²) in [5.41, 5.74) is 2.29. The van der Waals surface area contributed by atoms with Crippen molar-refractivity contribution in [2.24, 2.45) is 17.8 Å². The van der Waals surface area contributed by atoms with Gasteiger partial charge in [-0.25, -0.2) is 0 Å². The number of rotatable bonds is 0. The first kappa shape index (κ1) is 11.9. The van der Waals surface area contributed by atoms with Crippen LogP contribution in [0.15, 0.2) is 23.8 Å². The Bertz CT molecular complexity index is 324. The van der Waals surface area contributed by atoms with Crippen molar-refractivity contribution in [3.05, 3.63) is 23.8 Å². The van der Waals surface area contributed by atoms with Gasteiger partial charge in [0.05, 0.1) is 5.60 Å². The van der Waals surface area contributed by atoms with Crippen molar-refractivity contribution in [2.45, 2.75) is 52.1 Å². The SMILES string of the molecule is C=C1CC[C@@H](C)/C(C)=C\[C@H]2[C@@H]1CC[C@@]2(C)O. The predicted octanol–water partition coefficient (Wildman–Crippen LogP) is 3.70. The van der Waals surface area contributed by atoms with E-state index in [0.29, 0.717) is 17.8 Å². The third kappa shape index (κ3) is 1.98. The highest BCUT2D eigenvalue weighted by atomic mass is 16.3. The zero-order valence-corrected chi connectivity index (χ0v) is 10.8. The molecule has 4 atom stereocenters. The molecule has 0 aromatic carbocycles. The average Bonchev–Trinajstić information content (AvgIpc) is 2.49. The van der Waals surface area contributed by atoms with Crippen molar-refractivity contribution >= 4 is 0 Å². The van der Waals surface area contributed by atoms with E-state index in [1.54, 1.807) is 0 Å². The summed E-state index contributed by atoms with van der Waals surface area (Å²) in [5, 5.41) is 10.4. The molecule has 2 aliphatic carbocycles. The van der Waals surface area contributed by atoms with Crippen LogP contribution in [0.25, 0.3) is 0 Å². The molecular weight excluding hydrogens is 196 g/mol. The molecule has 1 N–H and O–H groups in total. The number of allylic oxidation sites excluding steroid dienone is 2. The molecule has 0 saturated heterocycles. The molecular formula is C15H24O. The summed E-state index contributed by atoms with van der Waals surface area (Å²) in [7, 11) is 0. The summed E-state index contributed by atoms with van der Waals surface area (Å²) in [6.07, 6.45) is 6.69. The van der Waals surface area contributed by atoms with Gasteiger partial charge in [-0.3, -0.25) is 0 Å². The average molecular weight is 220 g/mol. The number of aliphatic hydroxyl groups is 1. The Labute approximate surface area is 99.3 Å². The van der Waals surface area contributed by atoms with Crippen LogP contribution in [-0.2, 0) is 0 Å². The van der Waals surface area contributed by atoms with Crippen LogP contribution < -0.4 is 0 Å². The van der Waals surface area contributed by atoms with Gasteiger partial charge in [0.15, 0.2) is 0 Å². The molecule has 1 heteroatoms. The lowest BCUT2D eigenvalue weighted by Crippen LogP contribution is -2.32. The molecule has 90 valence electrons. The van der Waals surface area contributed by atoms with Gasteiger partial charge in [-0.15, -0.1) is 0 Å². The molecule has 0 aromatic rings. The molecule has 16 heavy (non-hydrogen) atoms. The van der Waals surface area contributed by atoms with E-state index in [0.717, 1.165) is 19.3 Å². The highest BCUT2D eigenvalue weighted by Crippen LogP contribution is 2.47. The van der Waals surface area contributed by atoms with Gasteiger partial charge < -0.3 is 5.11 Å². The topological polar surface area (TPSA) is 20.2 Å². The molecule has 0 spiro atoms. The molecule has 0 bridgehead atoms. The van der Waals surface area contributed by atoms with Crippen LogP contribution in [0.2, 0.25) is 0 Å². The summed E-state index contributed by atoms with van der Waals surface area (Å²) < 4.78 is 0. The van der Waals surface area contributed by atoms with Crippen LogP contribution in [0.3, 0.4) is 0 Å². The fourth-order valence-electron chi connectivity index (χ4n) is 3.24. The maximum absolute atomic E-state index is 10.4. The maximum atomic E-state index is 10.4. The van der Waals surface area contributed by atoms with E-state index in [1.807, 2.05) is 6.92 Å². The van der Waals surface area contributed by atoms with Gasteiger partial charge in [0, 0.05) is 5.92 Å². The minimum absolute atomic E-state index is 0.294. The van der Waals surface area contributed by atoms with Gasteiger partial charge in [-0.2, -0.15) is 0 Å². The first-order valence-corrected chi connectivity index (χ1v) is 6.50. The van der Waals surface area contributed by atoms with Gasteiger partial charge in [0.25, 0.3) is 0 Å². The van der Waals surface area contributed by atoms with Gasteiger partial charge in [0.2, 0.25) is 0 Å². The van der Waals surface area contributed by atoms with E-state index in [9.17, 15) is 5.11 Å². The lowest BCUT2D eigenvalue weighted by atomic mass is 9.76. The number of fused-ring (bicyclic) bond motifs is 1. The quantitative estimate of drug-likeness (QED) is 0.617. The second kappa shape index (κ2) is 4.03. The summed E-state index contributed by atoms with van der Waals surface area (Å²) in [5.74, 6) is 1.44. The Hall–Kier alpha value is -0.560. The summed E-state index contributed by atoms with van der Waals surface area (Å²) >= 11 is 0. The fraction of sp³-hybridized carbons (Fsp3) is 0.733. The summed E-state index contributed by atoms with van der Waals surface area (Å²) in [4.78, 5) is 0. The van der Waals surface area contributed by atoms with Gasteiger partial charge in [-0.1, -0.05) is 30.7 Å².